The molecule has 0 fully saturated rings. The molecule has 0 amide bonds. The SMILES string of the molecule is Cc1cc(CN)nc(N(C)Cc2scnc2C)n1. The van der Waals surface area contributed by atoms with Crippen molar-refractivity contribution >= 4 is 17.3 Å². The highest BCUT2D eigenvalue weighted by Crippen LogP contribution is 2.17. The zero-order valence-electron chi connectivity index (χ0n) is 10.8. The van der Waals surface area contributed by atoms with Crippen LogP contribution in [0.25, 0.3) is 0 Å². The minimum Gasteiger partial charge on any atom is -0.339 e. The van der Waals surface area contributed by atoms with Crippen molar-refractivity contribution in [2.24, 2.45) is 5.73 Å². The van der Waals surface area contributed by atoms with Crippen LogP contribution < -0.4 is 10.6 Å². The second kappa shape index (κ2) is 5.41. The van der Waals surface area contributed by atoms with Gasteiger partial charge in [0.1, 0.15) is 0 Å². The van der Waals surface area contributed by atoms with Crippen LogP contribution in [0.1, 0.15) is 22.0 Å². The van der Waals surface area contributed by atoms with Crippen LogP contribution in [0, 0.1) is 13.8 Å². The van der Waals surface area contributed by atoms with Crippen molar-refractivity contribution in [3.63, 3.8) is 0 Å². The maximum Gasteiger partial charge on any atom is 0.225 e. The van der Waals surface area contributed by atoms with Crippen molar-refractivity contribution in [2.45, 2.75) is 26.9 Å². The summed E-state index contributed by atoms with van der Waals surface area (Å²) in [5.74, 6) is 0.711. The molecule has 0 aliphatic rings. The topological polar surface area (TPSA) is 67.9 Å². The third-order valence-corrected chi connectivity index (χ3v) is 3.59. The number of nitrogens with zero attached hydrogens (tertiary/aromatic N) is 4. The van der Waals surface area contributed by atoms with E-state index >= 15 is 0 Å². The summed E-state index contributed by atoms with van der Waals surface area (Å²) < 4.78 is 0. The Morgan fingerprint density at radius 3 is 2.72 bits per heavy atom. The van der Waals surface area contributed by atoms with E-state index in [1.807, 2.05) is 37.4 Å². The Kier molecular flexibility index (Phi) is 3.88. The Labute approximate surface area is 111 Å². The fourth-order valence-electron chi connectivity index (χ4n) is 1.66. The lowest BCUT2D eigenvalue weighted by atomic mass is 10.3. The molecule has 0 atom stereocenters. The second-order valence-corrected chi connectivity index (χ2v) is 5.16. The number of rotatable bonds is 4. The van der Waals surface area contributed by atoms with Gasteiger partial charge < -0.3 is 10.6 Å². The van der Waals surface area contributed by atoms with Gasteiger partial charge in [-0.3, -0.25) is 0 Å². The normalized spacial score (nSPS) is 10.7. The van der Waals surface area contributed by atoms with Gasteiger partial charge in [-0.15, -0.1) is 11.3 Å². The summed E-state index contributed by atoms with van der Waals surface area (Å²) in [5, 5.41) is 0. The number of nitrogens with two attached hydrogens (primary N) is 1. The van der Waals surface area contributed by atoms with Crippen LogP contribution in [-0.2, 0) is 13.1 Å². The third kappa shape index (κ3) is 2.83. The lowest BCUT2D eigenvalue weighted by Crippen LogP contribution is -2.20. The molecule has 0 aliphatic heterocycles. The van der Waals surface area contributed by atoms with Crippen LogP contribution in [0.5, 0.6) is 0 Å². The quantitative estimate of drug-likeness (QED) is 0.908. The van der Waals surface area contributed by atoms with Gasteiger partial charge in [-0.1, -0.05) is 0 Å². The second-order valence-electron chi connectivity index (χ2n) is 4.22. The van der Waals surface area contributed by atoms with Crippen LogP contribution >= 0.6 is 11.3 Å². The van der Waals surface area contributed by atoms with E-state index in [-0.39, 0.29) is 0 Å². The van der Waals surface area contributed by atoms with Gasteiger partial charge in [0, 0.05) is 24.2 Å². The maximum absolute atomic E-state index is 5.63. The molecule has 0 saturated carbocycles. The number of thiazole rings is 1. The van der Waals surface area contributed by atoms with E-state index in [4.69, 9.17) is 5.73 Å². The van der Waals surface area contributed by atoms with Gasteiger partial charge in [0.05, 0.1) is 23.4 Å². The molecule has 0 aliphatic carbocycles. The summed E-state index contributed by atoms with van der Waals surface area (Å²) in [7, 11) is 1.98. The van der Waals surface area contributed by atoms with E-state index in [0.29, 0.717) is 12.5 Å². The summed E-state index contributed by atoms with van der Waals surface area (Å²) in [5.41, 5.74) is 10.4. The van der Waals surface area contributed by atoms with Gasteiger partial charge in [-0.25, -0.2) is 15.0 Å². The first-order valence-corrected chi connectivity index (χ1v) is 6.63. The fraction of sp³-hybridized carbons (Fsp3) is 0.417. The highest BCUT2D eigenvalue weighted by atomic mass is 32.1. The van der Waals surface area contributed by atoms with Gasteiger partial charge >= 0.3 is 0 Å². The van der Waals surface area contributed by atoms with E-state index in [1.54, 1.807) is 11.3 Å². The monoisotopic (exact) mass is 263 g/mol. The summed E-state index contributed by atoms with van der Waals surface area (Å²) in [6.45, 7) is 5.17. The molecule has 18 heavy (non-hydrogen) atoms. The van der Waals surface area contributed by atoms with E-state index in [1.165, 1.54) is 4.88 Å². The minimum atomic E-state index is 0.434. The van der Waals surface area contributed by atoms with Crippen LogP contribution in [0.4, 0.5) is 5.95 Å². The molecule has 6 heteroatoms. The zero-order valence-corrected chi connectivity index (χ0v) is 11.7. The number of hydrogen-bond acceptors (Lipinski definition) is 6. The van der Waals surface area contributed by atoms with Gasteiger partial charge in [-0.05, 0) is 19.9 Å². The zero-order chi connectivity index (χ0) is 13.1. The standard InChI is InChI=1S/C12H17N5S/c1-8-4-10(5-13)16-12(15-8)17(3)6-11-9(2)14-7-18-11/h4,7H,5-6,13H2,1-3H3. The number of hydrogen-bond donors (Lipinski definition) is 1. The predicted octanol–water partition coefficient (Wildman–Crippen LogP) is 1.65. The van der Waals surface area contributed by atoms with Crippen molar-refractivity contribution in [2.75, 3.05) is 11.9 Å². The Morgan fingerprint density at radius 2 is 2.11 bits per heavy atom. The summed E-state index contributed by atoms with van der Waals surface area (Å²) in [6.07, 6.45) is 0. The van der Waals surface area contributed by atoms with Gasteiger partial charge in [0.2, 0.25) is 5.95 Å². The van der Waals surface area contributed by atoms with Crippen molar-refractivity contribution < 1.29 is 0 Å². The van der Waals surface area contributed by atoms with E-state index in [9.17, 15) is 0 Å². The molecule has 2 N–H and O–H groups in total. The summed E-state index contributed by atoms with van der Waals surface area (Å²) in [4.78, 5) is 16.4. The summed E-state index contributed by atoms with van der Waals surface area (Å²) in [6, 6.07) is 1.91. The maximum atomic E-state index is 5.63. The molecular formula is C12H17N5S. The van der Waals surface area contributed by atoms with Gasteiger partial charge in [0.25, 0.3) is 0 Å². The Bertz CT molecular complexity index is 537. The molecule has 0 aromatic carbocycles. The van der Waals surface area contributed by atoms with Gasteiger partial charge in [0.15, 0.2) is 0 Å². The van der Waals surface area contributed by atoms with E-state index in [0.717, 1.165) is 23.6 Å². The smallest absolute Gasteiger partial charge is 0.225 e. The number of aryl methyl sites for hydroxylation is 2. The molecule has 0 unspecified atom stereocenters. The largest absolute Gasteiger partial charge is 0.339 e. The van der Waals surface area contributed by atoms with Crippen molar-refractivity contribution in [1.82, 2.24) is 15.0 Å². The molecule has 2 aromatic heterocycles. The average molecular weight is 263 g/mol. The van der Waals surface area contributed by atoms with Crippen LogP contribution in [0.15, 0.2) is 11.6 Å². The molecule has 0 bridgehead atoms. The van der Waals surface area contributed by atoms with Crippen molar-refractivity contribution in [3.05, 3.63) is 33.5 Å². The molecule has 96 valence electrons. The number of aromatic nitrogens is 3. The fourth-order valence-corrected chi connectivity index (χ4v) is 2.49. The average Bonchev–Trinajstić information content (AvgIpc) is 2.74. The molecule has 2 aromatic rings. The molecule has 2 rings (SSSR count). The first-order chi connectivity index (χ1) is 8.60. The molecular weight excluding hydrogens is 246 g/mol. The lowest BCUT2D eigenvalue weighted by molar-refractivity contribution is 0.839. The molecule has 2 heterocycles. The highest BCUT2D eigenvalue weighted by Gasteiger charge is 2.10. The molecule has 0 radical (unpaired) electrons. The predicted molar refractivity (Wildman–Crippen MR) is 73.6 cm³/mol. The first-order valence-electron chi connectivity index (χ1n) is 5.75. The molecule has 0 saturated heterocycles. The third-order valence-electron chi connectivity index (χ3n) is 2.67. The summed E-state index contributed by atoms with van der Waals surface area (Å²) >= 11 is 1.65. The Morgan fingerprint density at radius 1 is 1.33 bits per heavy atom. The Balaban J connectivity index is 2.20. The lowest BCUT2D eigenvalue weighted by Gasteiger charge is -2.17. The number of anilines is 1. The van der Waals surface area contributed by atoms with Crippen molar-refractivity contribution in [1.29, 1.82) is 0 Å². The minimum absolute atomic E-state index is 0.434. The Hall–Kier alpha value is -1.53. The van der Waals surface area contributed by atoms with E-state index in [2.05, 4.69) is 15.0 Å². The van der Waals surface area contributed by atoms with Crippen LogP contribution in [0.3, 0.4) is 0 Å². The van der Waals surface area contributed by atoms with Crippen LogP contribution in [-0.4, -0.2) is 22.0 Å². The van der Waals surface area contributed by atoms with E-state index < -0.39 is 0 Å². The van der Waals surface area contributed by atoms with Gasteiger partial charge in [-0.2, -0.15) is 0 Å². The first kappa shape index (κ1) is 12.9. The molecule has 5 nitrogen and oxygen atoms in total. The van der Waals surface area contributed by atoms with Crippen LogP contribution in [0.2, 0.25) is 0 Å². The molecule has 0 spiro atoms. The van der Waals surface area contributed by atoms with Crippen molar-refractivity contribution in [3.8, 4) is 0 Å². The highest BCUT2D eigenvalue weighted by molar-refractivity contribution is 7.09.